The van der Waals surface area contributed by atoms with E-state index in [1.165, 1.54) is 0 Å². The SMILES string of the molecule is CCCN(CCO)S(=O)(=O)c1c(F)cc(F)cc1Br. The van der Waals surface area contributed by atoms with E-state index in [-0.39, 0.29) is 24.2 Å². The van der Waals surface area contributed by atoms with Gasteiger partial charge in [0.1, 0.15) is 16.5 Å². The van der Waals surface area contributed by atoms with E-state index in [0.717, 1.165) is 10.4 Å². The molecule has 8 heteroatoms. The second-order valence-electron chi connectivity index (χ2n) is 3.83. The molecule has 1 aromatic carbocycles. The molecule has 1 rings (SSSR count). The Labute approximate surface area is 119 Å². The number of sulfonamides is 1. The standard InChI is InChI=1S/C11H14BrF2NO3S/c1-2-3-15(4-5-16)19(17,18)11-9(12)6-8(13)7-10(11)14/h6-7,16H,2-5H2,1H3. The molecule has 4 nitrogen and oxygen atoms in total. The monoisotopic (exact) mass is 357 g/mol. The van der Waals surface area contributed by atoms with Crippen LogP contribution in [0.1, 0.15) is 13.3 Å². The van der Waals surface area contributed by atoms with Crippen LogP contribution in [0.4, 0.5) is 8.78 Å². The molecule has 0 aliphatic rings. The molecule has 0 bridgehead atoms. The van der Waals surface area contributed by atoms with Crippen molar-refractivity contribution in [2.45, 2.75) is 18.2 Å². The van der Waals surface area contributed by atoms with Gasteiger partial charge in [-0.15, -0.1) is 0 Å². The van der Waals surface area contributed by atoms with Crippen molar-refractivity contribution < 1.29 is 22.3 Å². The zero-order valence-electron chi connectivity index (χ0n) is 10.2. The zero-order valence-corrected chi connectivity index (χ0v) is 12.6. The largest absolute Gasteiger partial charge is 0.395 e. The predicted octanol–water partition coefficient (Wildman–Crippen LogP) is 2.12. The van der Waals surface area contributed by atoms with Crippen LogP contribution < -0.4 is 0 Å². The topological polar surface area (TPSA) is 57.6 Å². The highest BCUT2D eigenvalue weighted by Gasteiger charge is 2.29. The van der Waals surface area contributed by atoms with Crippen molar-refractivity contribution in [3.63, 3.8) is 0 Å². The summed E-state index contributed by atoms with van der Waals surface area (Å²) in [5, 5.41) is 8.88. The van der Waals surface area contributed by atoms with Crippen molar-refractivity contribution in [2.75, 3.05) is 19.7 Å². The fourth-order valence-corrected chi connectivity index (χ4v) is 4.25. The average Bonchev–Trinajstić information content (AvgIpc) is 2.26. The van der Waals surface area contributed by atoms with Crippen LogP contribution in [0.3, 0.4) is 0 Å². The van der Waals surface area contributed by atoms with E-state index in [1.54, 1.807) is 6.92 Å². The zero-order chi connectivity index (χ0) is 14.6. The van der Waals surface area contributed by atoms with Gasteiger partial charge in [-0.1, -0.05) is 6.92 Å². The van der Waals surface area contributed by atoms with E-state index in [1.807, 2.05) is 0 Å². The first-order valence-corrected chi connectivity index (χ1v) is 7.83. The van der Waals surface area contributed by atoms with Crippen LogP contribution in [-0.4, -0.2) is 37.5 Å². The molecule has 0 spiro atoms. The summed E-state index contributed by atoms with van der Waals surface area (Å²) >= 11 is 2.86. The van der Waals surface area contributed by atoms with Crippen LogP contribution in [0.25, 0.3) is 0 Å². The Morgan fingerprint density at radius 3 is 2.42 bits per heavy atom. The first-order valence-electron chi connectivity index (χ1n) is 5.60. The normalized spacial score (nSPS) is 12.1. The van der Waals surface area contributed by atoms with E-state index < -0.39 is 26.6 Å². The number of aliphatic hydroxyl groups excluding tert-OH is 1. The number of hydrogen-bond donors (Lipinski definition) is 1. The Kier molecular flexibility index (Phi) is 5.84. The van der Waals surface area contributed by atoms with Gasteiger partial charge in [0.2, 0.25) is 10.0 Å². The first kappa shape index (κ1) is 16.5. The van der Waals surface area contributed by atoms with Crippen LogP contribution in [0.2, 0.25) is 0 Å². The fourth-order valence-electron chi connectivity index (χ4n) is 1.62. The Balaban J connectivity index is 3.33. The predicted molar refractivity (Wildman–Crippen MR) is 70.2 cm³/mol. The smallest absolute Gasteiger partial charge is 0.247 e. The molecule has 19 heavy (non-hydrogen) atoms. The van der Waals surface area contributed by atoms with Crippen molar-refractivity contribution >= 4 is 26.0 Å². The second-order valence-corrected chi connectivity index (χ2v) is 6.56. The molecular weight excluding hydrogens is 344 g/mol. The van der Waals surface area contributed by atoms with E-state index in [2.05, 4.69) is 15.9 Å². The summed E-state index contributed by atoms with van der Waals surface area (Å²) in [5.41, 5.74) is 0. The van der Waals surface area contributed by atoms with Gasteiger partial charge in [-0.05, 0) is 28.4 Å². The van der Waals surface area contributed by atoms with Crippen LogP contribution in [-0.2, 0) is 10.0 Å². The van der Waals surface area contributed by atoms with Gasteiger partial charge in [0, 0.05) is 23.6 Å². The Bertz CT molecular complexity index is 522. The van der Waals surface area contributed by atoms with Crippen molar-refractivity contribution in [3.8, 4) is 0 Å². The minimum atomic E-state index is -4.12. The molecule has 108 valence electrons. The second kappa shape index (κ2) is 6.74. The van der Waals surface area contributed by atoms with Crippen LogP contribution in [0.5, 0.6) is 0 Å². The van der Waals surface area contributed by atoms with E-state index in [9.17, 15) is 17.2 Å². The lowest BCUT2D eigenvalue weighted by Crippen LogP contribution is -2.35. The van der Waals surface area contributed by atoms with Gasteiger partial charge in [0.25, 0.3) is 0 Å². The van der Waals surface area contributed by atoms with Gasteiger partial charge < -0.3 is 5.11 Å². The van der Waals surface area contributed by atoms with E-state index in [4.69, 9.17) is 5.11 Å². The average molecular weight is 358 g/mol. The van der Waals surface area contributed by atoms with Gasteiger partial charge in [0.15, 0.2) is 0 Å². The third-order valence-electron chi connectivity index (χ3n) is 2.38. The van der Waals surface area contributed by atoms with Crippen molar-refractivity contribution in [2.24, 2.45) is 0 Å². The molecule has 0 amide bonds. The van der Waals surface area contributed by atoms with Crippen molar-refractivity contribution in [1.29, 1.82) is 0 Å². The molecular formula is C11H14BrF2NO3S. The number of hydrogen-bond acceptors (Lipinski definition) is 3. The minimum absolute atomic E-state index is 0.139. The molecule has 0 unspecified atom stereocenters. The molecule has 1 aromatic rings. The van der Waals surface area contributed by atoms with Crippen molar-refractivity contribution in [1.82, 2.24) is 4.31 Å². The third kappa shape index (κ3) is 3.71. The lowest BCUT2D eigenvalue weighted by Gasteiger charge is -2.21. The molecule has 0 aliphatic carbocycles. The maximum atomic E-state index is 13.7. The molecule has 0 radical (unpaired) electrons. The summed E-state index contributed by atoms with van der Waals surface area (Å²) in [7, 11) is -4.12. The third-order valence-corrected chi connectivity index (χ3v) is 5.25. The van der Waals surface area contributed by atoms with E-state index >= 15 is 0 Å². The maximum absolute atomic E-state index is 13.7. The lowest BCUT2D eigenvalue weighted by molar-refractivity contribution is 0.253. The van der Waals surface area contributed by atoms with E-state index in [0.29, 0.717) is 12.5 Å². The molecule has 0 fully saturated rings. The quantitative estimate of drug-likeness (QED) is 0.848. The number of rotatable bonds is 6. The Hall–Kier alpha value is -0.570. The van der Waals surface area contributed by atoms with Gasteiger partial charge in [-0.2, -0.15) is 4.31 Å². The summed E-state index contributed by atoms with van der Waals surface area (Å²) in [4.78, 5) is -0.615. The molecule has 0 aliphatic heterocycles. The number of benzene rings is 1. The molecule has 1 N–H and O–H groups in total. The summed E-state index contributed by atoms with van der Waals surface area (Å²) in [6, 6.07) is 1.40. The fraction of sp³-hybridized carbons (Fsp3) is 0.455. The summed E-state index contributed by atoms with van der Waals surface area (Å²) in [5.74, 6) is -2.03. The Morgan fingerprint density at radius 2 is 1.95 bits per heavy atom. The van der Waals surface area contributed by atoms with Crippen molar-refractivity contribution in [3.05, 3.63) is 28.2 Å². The highest BCUT2D eigenvalue weighted by Crippen LogP contribution is 2.28. The highest BCUT2D eigenvalue weighted by molar-refractivity contribution is 9.10. The summed E-state index contributed by atoms with van der Waals surface area (Å²) in [6.07, 6.45) is 0.514. The highest BCUT2D eigenvalue weighted by atomic mass is 79.9. The molecule has 0 aromatic heterocycles. The van der Waals surface area contributed by atoms with Gasteiger partial charge in [0.05, 0.1) is 6.61 Å². The first-order chi connectivity index (χ1) is 8.84. The Morgan fingerprint density at radius 1 is 1.32 bits per heavy atom. The summed E-state index contributed by atoms with van der Waals surface area (Å²) < 4.78 is 52.0. The van der Waals surface area contributed by atoms with Gasteiger partial charge >= 0.3 is 0 Å². The number of halogens is 3. The summed E-state index contributed by atoms with van der Waals surface area (Å²) in [6.45, 7) is 1.39. The van der Waals surface area contributed by atoms with Gasteiger partial charge in [-0.3, -0.25) is 0 Å². The lowest BCUT2D eigenvalue weighted by atomic mass is 10.3. The molecule has 0 heterocycles. The van der Waals surface area contributed by atoms with Gasteiger partial charge in [-0.25, -0.2) is 17.2 Å². The molecule has 0 saturated heterocycles. The number of nitrogens with zero attached hydrogens (tertiary/aromatic N) is 1. The number of aliphatic hydroxyl groups is 1. The minimum Gasteiger partial charge on any atom is -0.395 e. The van der Waals surface area contributed by atoms with Crippen LogP contribution in [0, 0.1) is 11.6 Å². The van der Waals surface area contributed by atoms with Crippen LogP contribution >= 0.6 is 15.9 Å². The molecule has 0 saturated carbocycles. The molecule has 0 atom stereocenters. The van der Waals surface area contributed by atoms with Crippen LogP contribution in [0.15, 0.2) is 21.5 Å². The maximum Gasteiger partial charge on any atom is 0.247 e.